The maximum absolute atomic E-state index is 12.3. The van der Waals surface area contributed by atoms with E-state index in [1.165, 1.54) is 11.3 Å². The molecule has 0 aliphatic carbocycles. The van der Waals surface area contributed by atoms with Crippen molar-refractivity contribution in [2.45, 2.75) is 6.54 Å². The van der Waals surface area contributed by atoms with Gasteiger partial charge in [-0.2, -0.15) is 0 Å². The number of thiazole rings is 1. The van der Waals surface area contributed by atoms with E-state index >= 15 is 0 Å². The molecule has 0 fully saturated rings. The predicted molar refractivity (Wildman–Crippen MR) is 71.6 cm³/mol. The first-order chi connectivity index (χ1) is 8.74. The van der Waals surface area contributed by atoms with Gasteiger partial charge in [-0.25, -0.2) is 9.97 Å². The molecule has 0 bridgehead atoms. The molecule has 5 nitrogen and oxygen atoms in total. The fourth-order valence-corrected chi connectivity index (χ4v) is 2.38. The summed E-state index contributed by atoms with van der Waals surface area (Å²) in [6, 6.07) is 5.14. The zero-order valence-corrected chi connectivity index (χ0v) is 10.2. The molecular formula is C12H10N4OS. The van der Waals surface area contributed by atoms with Crippen LogP contribution in [0.2, 0.25) is 0 Å². The second kappa shape index (κ2) is 4.23. The molecule has 0 spiro atoms. The molecule has 0 aliphatic heterocycles. The van der Waals surface area contributed by atoms with Crippen molar-refractivity contribution in [3.8, 4) is 0 Å². The Balaban J connectivity index is 2.14. The summed E-state index contributed by atoms with van der Waals surface area (Å²) in [6.45, 7) is 0.439. The lowest BCUT2D eigenvalue weighted by Gasteiger charge is -2.04. The van der Waals surface area contributed by atoms with Crippen molar-refractivity contribution in [2.75, 3.05) is 5.73 Å². The summed E-state index contributed by atoms with van der Waals surface area (Å²) in [5.41, 5.74) is 6.82. The average Bonchev–Trinajstić information content (AvgIpc) is 2.86. The van der Waals surface area contributed by atoms with Gasteiger partial charge < -0.3 is 5.73 Å². The lowest BCUT2D eigenvalue weighted by molar-refractivity contribution is 0.743. The van der Waals surface area contributed by atoms with Crippen molar-refractivity contribution in [1.82, 2.24) is 14.5 Å². The van der Waals surface area contributed by atoms with Gasteiger partial charge in [-0.1, -0.05) is 0 Å². The number of anilines is 1. The highest BCUT2D eigenvalue weighted by atomic mass is 32.1. The van der Waals surface area contributed by atoms with Gasteiger partial charge >= 0.3 is 0 Å². The molecule has 3 rings (SSSR count). The van der Waals surface area contributed by atoms with Crippen molar-refractivity contribution in [2.24, 2.45) is 0 Å². The van der Waals surface area contributed by atoms with E-state index < -0.39 is 0 Å². The fourth-order valence-electron chi connectivity index (χ4n) is 1.77. The Kier molecular flexibility index (Phi) is 2.56. The highest BCUT2D eigenvalue weighted by Gasteiger charge is 2.06. The molecule has 90 valence electrons. The van der Waals surface area contributed by atoms with Crippen molar-refractivity contribution in [3.63, 3.8) is 0 Å². The molecule has 0 radical (unpaired) electrons. The summed E-state index contributed by atoms with van der Waals surface area (Å²) in [4.78, 5) is 20.7. The van der Waals surface area contributed by atoms with Gasteiger partial charge in [0.15, 0.2) is 0 Å². The first kappa shape index (κ1) is 10.9. The van der Waals surface area contributed by atoms with Crippen LogP contribution >= 0.6 is 11.3 Å². The third-order valence-corrected chi connectivity index (χ3v) is 3.40. The molecule has 2 heterocycles. The Morgan fingerprint density at radius 3 is 3.00 bits per heavy atom. The predicted octanol–water partition coefficient (Wildman–Crippen LogP) is 1.48. The van der Waals surface area contributed by atoms with Crippen molar-refractivity contribution < 1.29 is 0 Å². The Morgan fingerprint density at radius 1 is 1.33 bits per heavy atom. The summed E-state index contributed by atoms with van der Waals surface area (Å²) in [6.07, 6.45) is 3.26. The Morgan fingerprint density at radius 2 is 2.22 bits per heavy atom. The summed E-state index contributed by atoms with van der Waals surface area (Å²) < 4.78 is 1.54. The second-order valence-corrected chi connectivity index (χ2v) is 4.86. The lowest BCUT2D eigenvalue weighted by atomic mass is 10.2. The molecule has 1 aromatic carbocycles. The molecular weight excluding hydrogens is 248 g/mol. The van der Waals surface area contributed by atoms with E-state index in [-0.39, 0.29) is 5.56 Å². The number of aromatic nitrogens is 3. The maximum atomic E-state index is 12.3. The average molecular weight is 258 g/mol. The van der Waals surface area contributed by atoms with Crippen LogP contribution in [0.15, 0.2) is 40.9 Å². The first-order valence-corrected chi connectivity index (χ1v) is 6.25. The molecule has 18 heavy (non-hydrogen) atoms. The monoisotopic (exact) mass is 258 g/mol. The third-order valence-electron chi connectivity index (χ3n) is 2.64. The van der Waals surface area contributed by atoms with Crippen LogP contribution in [-0.4, -0.2) is 14.5 Å². The van der Waals surface area contributed by atoms with Crippen molar-refractivity contribution in [3.05, 3.63) is 51.5 Å². The maximum Gasteiger partial charge on any atom is 0.261 e. The highest BCUT2D eigenvalue weighted by Crippen LogP contribution is 2.12. The van der Waals surface area contributed by atoms with E-state index in [0.29, 0.717) is 23.1 Å². The van der Waals surface area contributed by atoms with E-state index in [4.69, 9.17) is 5.73 Å². The van der Waals surface area contributed by atoms with Gasteiger partial charge in [-0.15, -0.1) is 11.3 Å². The number of nitrogens with two attached hydrogens (primary N) is 1. The number of benzene rings is 1. The van der Waals surface area contributed by atoms with E-state index in [1.807, 2.05) is 5.38 Å². The molecule has 2 N–H and O–H groups in total. The van der Waals surface area contributed by atoms with Crippen LogP contribution in [0.1, 0.15) is 5.01 Å². The summed E-state index contributed by atoms with van der Waals surface area (Å²) in [5.74, 6) is 0. The van der Waals surface area contributed by atoms with Gasteiger partial charge in [0.25, 0.3) is 5.56 Å². The van der Waals surface area contributed by atoms with Gasteiger partial charge in [-0.05, 0) is 18.2 Å². The zero-order chi connectivity index (χ0) is 12.5. The van der Waals surface area contributed by atoms with E-state index in [1.54, 1.807) is 35.3 Å². The van der Waals surface area contributed by atoms with Gasteiger partial charge in [0.05, 0.1) is 23.8 Å². The van der Waals surface area contributed by atoms with Crippen molar-refractivity contribution >= 4 is 27.9 Å². The largest absolute Gasteiger partial charge is 0.399 e. The van der Waals surface area contributed by atoms with Crippen molar-refractivity contribution in [1.29, 1.82) is 0 Å². The molecule has 0 amide bonds. The minimum Gasteiger partial charge on any atom is -0.399 e. The van der Waals surface area contributed by atoms with Crippen LogP contribution in [0.3, 0.4) is 0 Å². The third kappa shape index (κ3) is 1.86. The fraction of sp³-hybridized carbons (Fsp3) is 0.0833. The molecule has 6 heteroatoms. The van der Waals surface area contributed by atoms with Gasteiger partial charge in [0.1, 0.15) is 5.01 Å². The molecule has 3 aromatic rings. The van der Waals surface area contributed by atoms with Gasteiger partial charge in [0.2, 0.25) is 0 Å². The molecule has 0 aliphatic rings. The van der Waals surface area contributed by atoms with Crippen LogP contribution in [0.4, 0.5) is 5.69 Å². The number of rotatable bonds is 2. The topological polar surface area (TPSA) is 73.8 Å². The molecule has 2 aromatic heterocycles. The second-order valence-electron chi connectivity index (χ2n) is 3.88. The van der Waals surface area contributed by atoms with Crippen LogP contribution in [0.5, 0.6) is 0 Å². The Hall–Kier alpha value is -2.21. The van der Waals surface area contributed by atoms with Crippen LogP contribution in [0, 0.1) is 0 Å². The number of hydrogen-bond donors (Lipinski definition) is 1. The van der Waals surface area contributed by atoms with Crippen LogP contribution < -0.4 is 11.3 Å². The standard InChI is InChI=1S/C12H10N4OS/c13-8-1-2-10-9(5-8)12(17)16(7-15-10)6-11-14-3-4-18-11/h1-5,7H,6,13H2. The number of fused-ring (bicyclic) bond motifs is 1. The Labute approximate surface area is 107 Å². The number of nitrogens with zero attached hydrogens (tertiary/aromatic N) is 3. The zero-order valence-electron chi connectivity index (χ0n) is 9.41. The highest BCUT2D eigenvalue weighted by molar-refractivity contribution is 7.09. The quantitative estimate of drug-likeness (QED) is 0.707. The van der Waals surface area contributed by atoms with E-state index in [9.17, 15) is 4.79 Å². The van der Waals surface area contributed by atoms with Gasteiger partial charge in [0, 0.05) is 17.3 Å². The molecule has 0 saturated carbocycles. The van der Waals surface area contributed by atoms with Gasteiger partial charge in [-0.3, -0.25) is 9.36 Å². The lowest BCUT2D eigenvalue weighted by Crippen LogP contribution is -2.21. The molecule has 0 unspecified atom stereocenters. The smallest absolute Gasteiger partial charge is 0.261 e. The molecule has 0 saturated heterocycles. The molecule has 0 atom stereocenters. The minimum absolute atomic E-state index is 0.0949. The SMILES string of the molecule is Nc1ccc2ncn(Cc3nccs3)c(=O)c2c1. The number of nitrogen functional groups attached to an aromatic ring is 1. The van der Waals surface area contributed by atoms with Crippen LogP contribution in [-0.2, 0) is 6.54 Å². The number of hydrogen-bond acceptors (Lipinski definition) is 5. The minimum atomic E-state index is -0.0949. The summed E-state index contributed by atoms with van der Waals surface area (Å²) in [7, 11) is 0. The van der Waals surface area contributed by atoms with Crippen LogP contribution in [0.25, 0.3) is 10.9 Å². The summed E-state index contributed by atoms with van der Waals surface area (Å²) >= 11 is 1.51. The summed E-state index contributed by atoms with van der Waals surface area (Å²) in [5, 5.41) is 3.29. The van der Waals surface area contributed by atoms with E-state index in [2.05, 4.69) is 9.97 Å². The normalized spacial score (nSPS) is 10.9. The Bertz CT molecular complexity index is 748. The first-order valence-electron chi connectivity index (χ1n) is 5.37. The van der Waals surface area contributed by atoms with E-state index in [0.717, 1.165) is 5.01 Å².